The molecule has 1 fully saturated rings. The van der Waals surface area contributed by atoms with Crippen molar-refractivity contribution in [2.45, 2.75) is 6.92 Å². The highest BCUT2D eigenvalue weighted by Gasteiger charge is 2.16. The Morgan fingerprint density at radius 3 is 2.50 bits per heavy atom. The molecule has 0 spiro atoms. The fourth-order valence-electron chi connectivity index (χ4n) is 2.89. The van der Waals surface area contributed by atoms with E-state index in [2.05, 4.69) is 27.1 Å². The number of nitrogens with zero attached hydrogens (tertiary/aromatic N) is 4. The number of carbonyl (C=O) groups excluding carboxylic acids is 1. The van der Waals surface area contributed by atoms with Gasteiger partial charge in [-0.2, -0.15) is 0 Å². The van der Waals surface area contributed by atoms with E-state index < -0.39 is 4.92 Å². The molecule has 1 saturated heterocycles. The summed E-state index contributed by atoms with van der Waals surface area (Å²) in [7, 11) is 2.10. The highest BCUT2D eigenvalue weighted by molar-refractivity contribution is 6.04. The number of piperazine rings is 1. The van der Waals surface area contributed by atoms with Crippen molar-refractivity contribution < 1.29 is 9.72 Å². The molecule has 8 heteroatoms. The second-order valence-corrected chi connectivity index (χ2v) is 6.41. The van der Waals surface area contributed by atoms with Gasteiger partial charge in [-0.05, 0) is 38.2 Å². The highest BCUT2D eigenvalue weighted by atomic mass is 16.6. The summed E-state index contributed by atoms with van der Waals surface area (Å²) in [6, 6.07) is 8.02. The van der Waals surface area contributed by atoms with Crippen LogP contribution >= 0.6 is 0 Å². The van der Waals surface area contributed by atoms with Crippen LogP contribution in [0.1, 0.15) is 15.9 Å². The SMILES string of the molecule is Cc1cc(C(=O)Nc2ccc(N3CCN(C)CC3)nc2)ccc1[N+](=O)[O-]. The van der Waals surface area contributed by atoms with Crippen molar-refractivity contribution >= 4 is 23.1 Å². The van der Waals surface area contributed by atoms with Gasteiger partial charge in [-0.3, -0.25) is 14.9 Å². The Kier molecular flexibility index (Phi) is 5.13. The maximum Gasteiger partial charge on any atom is 0.272 e. The van der Waals surface area contributed by atoms with Crippen LogP contribution in [-0.4, -0.2) is 53.9 Å². The van der Waals surface area contributed by atoms with Gasteiger partial charge in [0.05, 0.1) is 16.8 Å². The van der Waals surface area contributed by atoms with Crippen molar-refractivity contribution in [1.29, 1.82) is 0 Å². The predicted octanol–water partition coefficient (Wildman–Crippen LogP) is 2.30. The second kappa shape index (κ2) is 7.49. The van der Waals surface area contributed by atoms with Gasteiger partial charge in [-0.25, -0.2) is 4.98 Å². The van der Waals surface area contributed by atoms with Gasteiger partial charge >= 0.3 is 0 Å². The molecule has 0 saturated carbocycles. The zero-order valence-electron chi connectivity index (χ0n) is 14.8. The lowest BCUT2D eigenvalue weighted by Gasteiger charge is -2.33. The number of nitrogens with one attached hydrogen (secondary N) is 1. The van der Waals surface area contributed by atoms with E-state index in [0.29, 0.717) is 16.8 Å². The first-order valence-electron chi connectivity index (χ1n) is 8.40. The lowest BCUT2D eigenvalue weighted by atomic mass is 10.1. The number of likely N-dealkylation sites (N-methyl/N-ethyl adjacent to an activating group) is 1. The fraction of sp³-hybridized carbons (Fsp3) is 0.333. The molecule has 1 aromatic carbocycles. The van der Waals surface area contributed by atoms with Crippen LogP contribution in [0.4, 0.5) is 17.2 Å². The van der Waals surface area contributed by atoms with E-state index in [4.69, 9.17) is 0 Å². The molecule has 1 aromatic heterocycles. The van der Waals surface area contributed by atoms with Crippen LogP contribution in [0.5, 0.6) is 0 Å². The zero-order valence-corrected chi connectivity index (χ0v) is 14.8. The van der Waals surface area contributed by atoms with Crippen LogP contribution in [0.25, 0.3) is 0 Å². The number of aryl methyl sites for hydroxylation is 1. The van der Waals surface area contributed by atoms with Gasteiger partial charge in [0.25, 0.3) is 11.6 Å². The van der Waals surface area contributed by atoms with Crippen LogP contribution in [-0.2, 0) is 0 Å². The number of nitro groups is 1. The van der Waals surface area contributed by atoms with E-state index in [1.54, 1.807) is 13.1 Å². The van der Waals surface area contributed by atoms with Gasteiger partial charge in [-0.15, -0.1) is 0 Å². The number of pyridine rings is 1. The maximum absolute atomic E-state index is 12.3. The number of anilines is 2. The number of amides is 1. The average Bonchev–Trinajstić information content (AvgIpc) is 2.62. The molecule has 2 aromatic rings. The summed E-state index contributed by atoms with van der Waals surface area (Å²) in [5.41, 5.74) is 1.41. The van der Waals surface area contributed by atoms with E-state index in [9.17, 15) is 14.9 Å². The van der Waals surface area contributed by atoms with Crippen molar-refractivity contribution in [1.82, 2.24) is 9.88 Å². The van der Waals surface area contributed by atoms with Gasteiger partial charge in [0.15, 0.2) is 0 Å². The minimum Gasteiger partial charge on any atom is -0.354 e. The lowest BCUT2D eigenvalue weighted by molar-refractivity contribution is -0.385. The number of carbonyl (C=O) groups is 1. The van der Waals surface area contributed by atoms with Crippen molar-refractivity contribution in [2.24, 2.45) is 0 Å². The monoisotopic (exact) mass is 355 g/mol. The summed E-state index contributed by atoms with van der Waals surface area (Å²) in [5, 5.41) is 13.6. The van der Waals surface area contributed by atoms with Crippen LogP contribution in [0.2, 0.25) is 0 Å². The van der Waals surface area contributed by atoms with Gasteiger partial charge in [-0.1, -0.05) is 0 Å². The van der Waals surface area contributed by atoms with Gasteiger partial charge in [0.1, 0.15) is 5.82 Å². The van der Waals surface area contributed by atoms with Crippen molar-refractivity contribution in [3.05, 3.63) is 57.8 Å². The molecule has 2 heterocycles. The molecule has 1 amide bonds. The van der Waals surface area contributed by atoms with Crippen LogP contribution < -0.4 is 10.2 Å². The van der Waals surface area contributed by atoms with Crippen molar-refractivity contribution in [3.8, 4) is 0 Å². The Bertz CT molecular complexity index is 814. The molecule has 3 rings (SSSR count). The second-order valence-electron chi connectivity index (χ2n) is 6.41. The summed E-state index contributed by atoms with van der Waals surface area (Å²) in [6.07, 6.45) is 1.63. The third-order valence-corrected chi connectivity index (χ3v) is 4.49. The fourth-order valence-corrected chi connectivity index (χ4v) is 2.89. The molecule has 26 heavy (non-hydrogen) atoms. The Morgan fingerprint density at radius 2 is 1.92 bits per heavy atom. The Morgan fingerprint density at radius 1 is 1.19 bits per heavy atom. The molecule has 0 radical (unpaired) electrons. The smallest absolute Gasteiger partial charge is 0.272 e. The third-order valence-electron chi connectivity index (χ3n) is 4.49. The minimum absolute atomic E-state index is 0.000235. The number of rotatable bonds is 4. The molecule has 1 aliphatic rings. The number of aromatic nitrogens is 1. The average molecular weight is 355 g/mol. The lowest BCUT2D eigenvalue weighted by Crippen LogP contribution is -2.44. The number of hydrogen-bond acceptors (Lipinski definition) is 6. The summed E-state index contributed by atoms with van der Waals surface area (Å²) in [6.45, 7) is 5.47. The topological polar surface area (TPSA) is 91.6 Å². The standard InChI is InChI=1S/C18H21N5O3/c1-13-11-14(3-5-16(13)23(25)26)18(24)20-15-4-6-17(19-12-15)22-9-7-21(2)8-10-22/h3-6,11-12H,7-10H2,1-2H3,(H,20,24). The minimum atomic E-state index is -0.460. The normalized spacial score (nSPS) is 14.9. The summed E-state index contributed by atoms with van der Waals surface area (Å²) >= 11 is 0. The Hall–Kier alpha value is -3.00. The van der Waals surface area contributed by atoms with Crippen LogP contribution in [0, 0.1) is 17.0 Å². The summed E-state index contributed by atoms with van der Waals surface area (Å²) < 4.78 is 0. The molecule has 0 atom stereocenters. The zero-order chi connectivity index (χ0) is 18.7. The molecule has 136 valence electrons. The highest BCUT2D eigenvalue weighted by Crippen LogP contribution is 2.20. The van der Waals surface area contributed by atoms with Crippen LogP contribution in [0.3, 0.4) is 0 Å². The Balaban J connectivity index is 1.66. The quantitative estimate of drug-likeness (QED) is 0.668. The molecular formula is C18H21N5O3. The number of benzene rings is 1. The first kappa shape index (κ1) is 17.8. The largest absolute Gasteiger partial charge is 0.354 e. The number of nitro benzene ring substituents is 1. The molecule has 0 unspecified atom stereocenters. The van der Waals surface area contributed by atoms with Crippen LogP contribution in [0.15, 0.2) is 36.5 Å². The van der Waals surface area contributed by atoms with Crippen molar-refractivity contribution in [2.75, 3.05) is 43.4 Å². The summed E-state index contributed by atoms with van der Waals surface area (Å²) in [5.74, 6) is 0.569. The van der Waals surface area contributed by atoms with Crippen molar-refractivity contribution in [3.63, 3.8) is 0 Å². The predicted molar refractivity (Wildman–Crippen MR) is 99.7 cm³/mol. The van der Waals surface area contributed by atoms with Gasteiger partial charge in [0.2, 0.25) is 0 Å². The van der Waals surface area contributed by atoms with E-state index in [1.807, 2.05) is 12.1 Å². The summed E-state index contributed by atoms with van der Waals surface area (Å²) in [4.78, 5) is 31.7. The van der Waals surface area contributed by atoms with E-state index >= 15 is 0 Å². The molecule has 1 N–H and O–H groups in total. The number of hydrogen-bond donors (Lipinski definition) is 1. The Labute approximate surface area is 151 Å². The van der Waals surface area contributed by atoms with Gasteiger partial charge in [0, 0.05) is 43.4 Å². The molecule has 1 aliphatic heterocycles. The molecule has 0 bridgehead atoms. The van der Waals surface area contributed by atoms with E-state index in [0.717, 1.165) is 32.0 Å². The third kappa shape index (κ3) is 3.97. The molecule has 8 nitrogen and oxygen atoms in total. The first-order chi connectivity index (χ1) is 12.4. The van der Waals surface area contributed by atoms with Gasteiger partial charge < -0.3 is 15.1 Å². The van der Waals surface area contributed by atoms with E-state index in [-0.39, 0.29) is 11.6 Å². The van der Waals surface area contributed by atoms with E-state index in [1.165, 1.54) is 18.2 Å². The molecule has 0 aliphatic carbocycles. The molecular weight excluding hydrogens is 334 g/mol. The first-order valence-corrected chi connectivity index (χ1v) is 8.40. The maximum atomic E-state index is 12.3.